The molecule has 0 fully saturated rings. The Morgan fingerprint density at radius 1 is 1.33 bits per heavy atom. The summed E-state index contributed by atoms with van der Waals surface area (Å²) in [4.78, 5) is 11.4. The maximum absolute atomic E-state index is 11.4. The molecule has 0 saturated heterocycles. The van der Waals surface area contributed by atoms with Gasteiger partial charge in [-0.15, -0.1) is 0 Å². The molecule has 0 aromatic heterocycles. The van der Waals surface area contributed by atoms with Gasteiger partial charge in [-0.2, -0.15) is 0 Å². The molecular formula is C13H17Cl2NO4S. The van der Waals surface area contributed by atoms with Crippen LogP contribution in [0.5, 0.6) is 5.75 Å². The first-order valence-corrected chi connectivity index (χ1v) is 9.12. The molecule has 1 aromatic carbocycles. The monoisotopic (exact) mass is 353 g/mol. The molecule has 118 valence electrons. The molecule has 0 aliphatic carbocycles. The summed E-state index contributed by atoms with van der Waals surface area (Å²) in [6, 6.07) is 4.91. The molecule has 0 heterocycles. The molecule has 8 heteroatoms. The number of benzene rings is 1. The van der Waals surface area contributed by atoms with E-state index in [0.29, 0.717) is 28.8 Å². The van der Waals surface area contributed by atoms with Crippen LogP contribution in [0.3, 0.4) is 0 Å². The van der Waals surface area contributed by atoms with E-state index in [9.17, 15) is 13.2 Å². The third-order valence-corrected chi connectivity index (χ3v) is 3.97. The fourth-order valence-electron chi connectivity index (χ4n) is 1.47. The summed E-state index contributed by atoms with van der Waals surface area (Å²) in [5, 5.41) is 3.48. The lowest BCUT2D eigenvalue weighted by atomic mass is 10.3. The zero-order valence-corrected chi connectivity index (χ0v) is 13.9. The molecule has 1 amide bonds. The summed E-state index contributed by atoms with van der Waals surface area (Å²) in [6.07, 6.45) is 1.89. The van der Waals surface area contributed by atoms with Gasteiger partial charge in [-0.05, 0) is 24.6 Å². The highest BCUT2D eigenvalue weighted by atomic mass is 35.5. The summed E-state index contributed by atoms with van der Waals surface area (Å²) in [5.41, 5.74) is 0. The Morgan fingerprint density at radius 2 is 2.05 bits per heavy atom. The average Bonchev–Trinajstić information content (AvgIpc) is 2.35. The van der Waals surface area contributed by atoms with Crippen LogP contribution in [-0.4, -0.2) is 39.5 Å². The number of rotatable bonds is 8. The molecule has 0 unspecified atom stereocenters. The van der Waals surface area contributed by atoms with Gasteiger partial charge in [-0.3, -0.25) is 4.79 Å². The topological polar surface area (TPSA) is 72.5 Å². The molecule has 5 nitrogen and oxygen atoms in total. The average molecular weight is 354 g/mol. The van der Waals surface area contributed by atoms with E-state index in [0.717, 1.165) is 6.26 Å². The molecular weight excluding hydrogens is 337 g/mol. The highest BCUT2D eigenvalue weighted by Gasteiger charge is 2.06. The van der Waals surface area contributed by atoms with Crippen molar-refractivity contribution in [3.8, 4) is 5.75 Å². The number of nitrogens with one attached hydrogen (secondary N) is 1. The molecule has 0 radical (unpaired) electrons. The number of amides is 1. The van der Waals surface area contributed by atoms with Gasteiger partial charge in [-0.1, -0.05) is 23.2 Å². The van der Waals surface area contributed by atoms with Crippen molar-refractivity contribution in [3.05, 3.63) is 28.2 Å². The standard InChI is InChI=1S/C13H17Cl2NO4S/c1-21(18,19)8-6-16-13(17)3-2-7-20-12-5-4-10(14)9-11(12)15/h4-5,9H,2-3,6-8H2,1H3,(H,16,17). The molecule has 1 N–H and O–H groups in total. The molecule has 1 rings (SSSR count). The van der Waals surface area contributed by atoms with Gasteiger partial charge in [0.25, 0.3) is 0 Å². The van der Waals surface area contributed by atoms with Crippen LogP contribution in [-0.2, 0) is 14.6 Å². The van der Waals surface area contributed by atoms with Gasteiger partial charge in [0.1, 0.15) is 15.6 Å². The smallest absolute Gasteiger partial charge is 0.220 e. The Morgan fingerprint density at radius 3 is 2.67 bits per heavy atom. The fraction of sp³-hybridized carbons (Fsp3) is 0.462. The first kappa shape index (κ1) is 18.1. The van der Waals surface area contributed by atoms with Crippen LogP contribution < -0.4 is 10.1 Å². The number of carbonyl (C=O) groups is 1. The van der Waals surface area contributed by atoms with Crippen LogP contribution >= 0.6 is 23.2 Å². The second-order valence-electron chi connectivity index (χ2n) is 4.51. The maximum atomic E-state index is 11.4. The predicted molar refractivity (Wildman–Crippen MR) is 83.9 cm³/mol. The lowest BCUT2D eigenvalue weighted by Gasteiger charge is -2.08. The van der Waals surface area contributed by atoms with E-state index < -0.39 is 9.84 Å². The lowest BCUT2D eigenvalue weighted by Crippen LogP contribution is -2.28. The van der Waals surface area contributed by atoms with Crippen molar-refractivity contribution in [3.63, 3.8) is 0 Å². The van der Waals surface area contributed by atoms with Gasteiger partial charge in [-0.25, -0.2) is 8.42 Å². The SMILES string of the molecule is CS(=O)(=O)CCNC(=O)CCCOc1ccc(Cl)cc1Cl. The van der Waals surface area contributed by atoms with Crippen molar-refractivity contribution in [2.24, 2.45) is 0 Å². The Kier molecular flexibility index (Phi) is 7.28. The minimum Gasteiger partial charge on any atom is -0.492 e. The second-order valence-corrected chi connectivity index (χ2v) is 7.61. The Labute approximate surface area is 134 Å². The second kappa shape index (κ2) is 8.46. The van der Waals surface area contributed by atoms with Crippen LogP contribution in [0.4, 0.5) is 0 Å². The van der Waals surface area contributed by atoms with E-state index in [1.165, 1.54) is 0 Å². The zero-order valence-electron chi connectivity index (χ0n) is 11.6. The van der Waals surface area contributed by atoms with Crippen molar-refractivity contribution in [2.45, 2.75) is 12.8 Å². The minimum atomic E-state index is -3.05. The van der Waals surface area contributed by atoms with Gasteiger partial charge < -0.3 is 10.1 Å². The van der Waals surface area contributed by atoms with Crippen LogP contribution in [0.15, 0.2) is 18.2 Å². The Balaban J connectivity index is 2.20. The molecule has 0 aliphatic heterocycles. The molecule has 0 spiro atoms. The minimum absolute atomic E-state index is 0.0599. The summed E-state index contributed by atoms with van der Waals surface area (Å²) in [5.74, 6) is 0.248. The molecule has 0 atom stereocenters. The number of sulfone groups is 1. The molecule has 1 aromatic rings. The fourth-order valence-corrected chi connectivity index (χ4v) is 2.41. The van der Waals surface area contributed by atoms with Crippen molar-refractivity contribution in [1.82, 2.24) is 5.32 Å². The van der Waals surface area contributed by atoms with Gasteiger partial charge in [0.05, 0.1) is 17.4 Å². The quantitative estimate of drug-likeness (QED) is 0.727. The van der Waals surface area contributed by atoms with Gasteiger partial charge >= 0.3 is 0 Å². The predicted octanol–water partition coefficient (Wildman–Crippen LogP) is 2.31. The molecule has 0 saturated carbocycles. The molecule has 0 aliphatic rings. The number of carbonyl (C=O) groups excluding carboxylic acids is 1. The van der Waals surface area contributed by atoms with E-state index in [4.69, 9.17) is 27.9 Å². The van der Waals surface area contributed by atoms with Crippen LogP contribution in [0.2, 0.25) is 10.0 Å². The third kappa shape index (κ3) is 8.14. The highest BCUT2D eigenvalue weighted by Crippen LogP contribution is 2.27. The van der Waals surface area contributed by atoms with Crippen LogP contribution in [0.1, 0.15) is 12.8 Å². The summed E-state index contributed by atoms with van der Waals surface area (Å²) in [6.45, 7) is 0.461. The van der Waals surface area contributed by atoms with Crippen LogP contribution in [0, 0.1) is 0 Å². The maximum Gasteiger partial charge on any atom is 0.220 e. The molecule has 21 heavy (non-hydrogen) atoms. The lowest BCUT2D eigenvalue weighted by molar-refractivity contribution is -0.121. The first-order valence-electron chi connectivity index (χ1n) is 6.30. The zero-order chi connectivity index (χ0) is 15.9. The number of halogens is 2. The summed E-state index contributed by atoms with van der Waals surface area (Å²) < 4.78 is 27.2. The Bertz CT molecular complexity index is 590. The van der Waals surface area contributed by atoms with E-state index in [1.807, 2.05) is 0 Å². The van der Waals surface area contributed by atoms with Crippen LogP contribution in [0.25, 0.3) is 0 Å². The van der Waals surface area contributed by atoms with Crippen molar-refractivity contribution >= 4 is 38.9 Å². The summed E-state index contributed by atoms with van der Waals surface area (Å²) in [7, 11) is -3.05. The van der Waals surface area contributed by atoms with E-state index in [2.05, 4.69) is 5.32 Å². The third-order valence-electron chi connectivity index (χ3n) is 2.49. The number of ether oxygens (including phenoxy) is 1. The van der Waals surface area contributed by atoms with E-state index in [-0.39, 0.29) is 24.6 Å². The largest absolute Gasteiger partial charge is 0.492 e. The van der Waals surface area contributed by atoms with E-state index in [1.54, 1.807) is 18.2 Å². The van der Waals surface area contributed by atoms with Gasteiger partial charge in [0.2, 0.25) is 5.91 Å². The molecule has 0 bridgehead atoms. The first-order chi connectivity index (χ1) is 9.78. The summed E-state index contributed by atoms with van der Waals surface area (Å²) >= 11 is 11.7. The van der Waals surface area contributed by atoms with E-state index >= 15 is 0 Å². The highest BCUT2D eigenvalue weighted by molar-refractivity contribution is 7.90. The normalized spacial score (nSPS) is 11.2. The number of hydrogen-bond donors (Lipinski definition) is 1. The van der Waals surface area contributed by atoms with Crippen molar-refractivity contribution < 1.29 is 17.9 Å². The Hall–Kier alpha value is -0.980. The number of hydrogen-bond acceptors (Lipinski definition) is 4. The van der Waals surface area contributed by atoms with Crippen molar-refractivity contribution in [1.29, 1.82) is 0 Å². The van der Waals surface area contributed by atoms with Gasteiger partial charge in [0.15, 0.2) is 0 Å². The van der Waals surface area contributed by atoms with Crippen molar-refractivity contribution in [2.75, 3.05) is 25.2 Å². The van der Waals surface area contributed by atoms with Gasteiger partial charge in [0, 0.05) is 24.2 Å².